The predicted molar refractivity (Wildman–Crippen MR) is 225 cm³/mol. The zero-order valence-electron chi connectivity index (χ0n) is 34.5. The normalized spacial score (nSPS) is 24.1. The van der Waals surface area contributed by atoms with Crippen molar-refractivity contribution in [3.05, 3.63) is 82.0 Å². The van der Waals surface area contributed by atoms with Crippen molar-refractivity contribution in [2.45, 2.75) is 78.0 Å². The van der Waals surface area contributed by atoms with Gasteiger partial charge in [-0.1, -0.05) is 39.3 Å². The van der Waals surface area contributed by atoms with Crippen LogP contribution in [-0.4, -0.2) is 108 Å². The maximum absolute atomic E-state index is 13.5. The van der Waals surface area contributed by atoms with Crippen molar-refractivity contribution in [2.24, 2.45) is 16.7 Å². The fourth-order valence-corrected chi connectivity index (χ4v) is 10.4. The number of hydrogen-bond donors (Lipinski definition) is 2. The van der Waals surface area contributed by atoms with Gasteiger partial charge in [0.15, 0.2) is 0 Å². The Morgan fingerprint density at radius 1 is 0.900 bits per heavy atom. The average Bonchev–Trinajstić information content (AvgIpc) is 3.49. The zero-order valence-corrected chi connectivity index (χ0v) is 35.3. The number of benzene rings is 2. The minimum Gasteiger partial charge on any atom is -0.489 e. The minimum absolute atomic E-state index is 0.0903. The van der Waals surface area contributed by atoms with Gasteiger partial charge in [0.1, 0.15) is 29.8 Å². The second-order valence-corrected chi connectivity index (χ2v) is 18.3. The van der Waals surface area contributed by atoms with Gasteiger partial charge in [-0.3, -0.25) is 39.1 Å². The Morgan fingerprint density at radius 3 is 2.27 bits per heavy atom. The molecule has 60 heavy (non-hydrogen) atoms. The molecule has 0 bridgehead atoms. The van der Waals surface area contributed by atoms with Gasteiger partial charge in [-0.15, -0.1) is 0 Å². The van der Waals surface area contributed by atoms with Gasteiger partial charge in [-0.25, -0.2) is 4.98 Å². The Labute approximate surface area is 355 Å². The summed E-state index contributed by atoms with van der Waals surface area (Å²) < 4.78 is 6.37. The highest BCUT2D eigenvalue weighted by atomic mass is 35.5. The molecule has 1 atom stereocenters. The van der Waals surface area contributed by atoms with Crippen molar-refractivity contribution in [3.8, 4) is 11.8 Å². The van der Waals surface area contributed by atoms with Crippen molar-refractivity contribution >= 4 is 52.6 Å². The summed E-state index contributed by atoms with van der Waals surface area (Å²) >= 11 is 6.25. The van der Waals surface area contributed by atoms with Gasteiger partial charge in [0, 0.05) is 80.5 Å². The fraction of sp³-hybridized carbons (Fsp3) is 0.489. The number of pyridine rings is 1. The molecular formula is C45H51ClN8O6. The van der Waals surface area contributed by atoms with Gasteiger partial charge in [0.25, 0.3) is 17.7 Å². The van der Waals surface area contributed by atoms with E-state index < -0.39 is 29.7 Å². The maximum atomic E-state index is 13.5. The van der Waals surface area contributed by atoms with E-state index in [-0.39, 0.29) is 41.7 Å². The molecule has 0 spiro atoms. The van der Waals surface area contributed by atoms with Crippen molar-refractivity contribution in [1.82, 2.24) is 25.4 Å². The van der Waals surface area contributed by atoms with Gasteiger partial charge >= 0.3 is 0 Å². The van der Waals surface area contributed by atoms with Gasteiger partial charge in [0.05, 0.1) is 27.3 Å². The molecule has 5 aliphatic rings. The molecule has 2 N–H and O–H groups in total. The highest BCUT2D eigenvalue weighted by molar-refractivity contribution is 6.31. The van der Waals surface area contributed by atoms with Crippen LogP contribution in [0.15, 0.2) is 54.7 Å². The van der Waals surface area contributed by atoms with E-state index >= 15 is 0 Å². The quantitative estimate of drug-likeness (QED) is 0.263. The molecule has 1 aromatic heterocycles. The summed E-state index contributed by atoms with van der Waals surface area (Å²) in [6.07, 6.45) is 4.96. The molecule has 4 aliphatic heterocycles. The van der Waals surface area contributed by atoms with E-state index in [1.807, 2.05) is 18.2 Å². The van der Waals surface area contributed by atoms with Crippen LogP contribution in [0.25, 0.3) is 0 Å². The fourth-order valence-electron chi connectivity index (χ4n) is 10.2. The topological polar surface area (TPSA) is 168 Å². The molecule has 3 saturated heterocycles. The third-order valence-corrected chi connectivity index (χ3v) is 13.7. The first kappa shape index (κ1) is 41.2. The smallest absolute Gasteiger partial charge is 0.262 e. The number of halogens is 1. The molecule has 15 heteroatoms. The zero-order chi connectivity index (χ0) is 42.5. The number of piperidine rings is 2. The number of nitriles is 1. The summed E-state index contributed by atoms with van der Waals surface area (Å²) in [5.41, 5.74) is 1.65. The largest absolute Gasteiger partial charge is 0.489 e. The predicted octanol–water partition coefficient (Wildman–Crippen LogP) is 5.05. The standard InChI is InChI=1S/C45H51ClN8O6/c1-44(2)42(45(3,4)43(44)60-31-8-5-28(25-47)34(46)24-31)50-38(56)29-6-11-36(48-26-29)53-17-14-27(15-18-53)13-16-51-19-21-52(22-20-51)30-7-9-32-33(23-30)41(59)54(40(32)58)35-10-12-37(55)49-39(35)57/h5-9,11,23-24,26-27,35,42-43H,10,12-22H2,1-4H3,(H,50,56)(H,49,55,57)/t35?,42-,43-. The summed E-state index contributed by atoms with van der Waals surface area (Å²) in [5.74, 6) is -0.0643. The second kappa shape index (κ2) is 16.2. The summed E-state index contributed by atoms with van der Waals surface area (Å²) in [7, 11) is 0. The molecule has 1 unspecified atom stereocenters. The van der Waals surface area contributed by atoms with Crippen molar-refractivity contribution < 1.29 is 28.7 Å². The maximum Gasteiger partial charge on any atom is 0.262 e. The van der Waals surface area contributed by atoms with E-state index in [2.05, 4.69) is 59.1 Å². The summed E-state index contributed by atoms with van der Waals surface area (Å²) in [6.45, 7) is 14.6. The van der Waals surface area contributed by atoms with Gasteiger partial charge in [0.2, 0.25) is 11.8 Å². The molecule has 8 rings (SSSR count). The van der Waals surface area contributed by atoms with Crippen LogP contribution >= 0.6 is 11.6 Å². The number of ether oxygens (including phenoxy) is 1. The number of piperazine rings is 1. The van der Waals surface area contributed by atoms with E-state index in [1.54, 1.807) is 36.5 Å². The Balaban J connectivity index is 0.769. The number of nitrogens with zero attached hydrogens (tertiary/aromatic N) is 6. The van der Waals surface area contributed by atoms with E-state index in [0.29, 0.717) is 38.9 Å². The van der Waals surface area contributed by atoms with Gasteiger partial charge in [-0.05, 0) is 80.6 Å². The van der Waals surface area contributed by atoms with Crippen molar-refractivity contribution in [3.63, 3.8) is 0 Å². The van der Waals surface area contributed by atoms with Crippen molar-refractivity contribution in [1.29, 1.82) is 5.26 Å². The monoisotopic (exact) mass is 834 g/mol. The van der Waals surface area contributed by atoms with Crippen LogP contribution in [0.3, 0.4) is 0 Å². The number of amides is 5. The van der Waals surface area contributed by atoms with Crippen molar-refractivity contribution in [2.75, 3.05) is 55.6 Å². The molecule has 0 radical (unpaired) electrons. The van der Waals surface area contributed by atoms with Crippen LogP contribution < -0.4 is 25.2 Å². The molecule has 314 valence electrons. The molecule has 1 aliphatic carbocycles. The van der Waals surface area contributed by atoms with Crippen LogP contribution in [0.1, 0.15) is 96.4 Å². The lowest BCUT2D eigenvalue weighted by molar-refractivity contribution is -0.164. The van der Waals surface area contributed by atoms with Gasteiger partial charge < -0.3 is 19.9 Å². The molecule has 2 aromatic carbocycles. The highest BCUT2D eigenvalue weighted by Gasteiger charge is 2.64. The molecule has 3 aromatic rings. The lowest BCUT2D eigenvalue weighted by atomic mass is 9.49. The summed E-state index contributed by atoms with van der Waals surface area (Å²) in [6, 6.07) is 15.1. The molecule has 5 heterocycles. The third-order valence-electron chi connectivity index (χ3n) is 13.4. The first-order valence-corrected chi connectivity index (χ1v) is 21.2. The first-order chi connectivity index (χ1) is 28.6. The van der Waals surface area contributed by atoms with E-state index in [9.17, 15) is 29.2 Å². The van der Waals surface area contributed by atoms with E-state index in [4.69, 9.17) is 21.3 Å². The summed E-state index contributed by atoms with van der Waals surface area (Å²) in [5, 5.41) is 15.1. The minimum atomic E-state index is -0.974. The number of rotatable bonds is 10. The van der Waals surface area contributed by atoms with Crippen LogP contribution in [0, 0.1) is 28.1 Å². The van der Waals surface area contributed by atoms with E-state index in [1.165, 1.54) is 0 Å². The number of carbonyl (C=O) groups excluding carboxylic acids is 5. The van der Waals surface area contributed by atoms with Gasteiger partial charge in [-0.2, -0.15) is 5.26 Å². The molecule has 14 nitrogen and oxygen atoms in total. The van der Waals surface area contributed by atoms with Crippen LogP contribution in [-0.2, 0) is 9.59 Å². The molecule has 1 saturated carbocycles. The second-order valence-electron chi connectivity index (χ2n) is 17.9. The lowest BCUT2D eigenvalue weighted by Crippen LogP contribution is -2.74. The summed E-state index contributed by atoms with van der Waals surface area (Å²) in [4.78, 5) is 76.7. The van der Waals surface area contributed by atoms with Crippen LogP contribution in [0.2, 0.25) is 5.02 Å². The number of nitrogens with one attached hydrogen (secondary N) is 2. The SMILES string of the molecule is CC1(C)[C@H](NC(=O)c2ccc(N3CCC(CCN4CCN(c5ccc6c(c5)C(=O)N(C5CCC(=O)NC5=O)C6=O)CC4)CC3)nc2)C(C)(C)[C@H]1Oc1ccc(C#N)c(Cl)c1. The Bertz CT molecular complexity index is 2240. The number of imide groups is 2. The number of fused-ring (bicyclic) bond motifs is 1. The van der Waals surface area contributed by atoms with E-state index in [0.717, 1.165) is 81.5 Å². The van der Waals surface area contributed by atoms with Crippen LogP contribution in [0.5, 0.6) is 5.75 Å². The Kier molecular flexibility index (Phi) is 11.1. The Hall–Kier alpha value is -5.52. The highest BCUT2D eigenvalue weighted by Crippen LogP contribution is 2.55. The molecular weight excluding hydrogens is 784 g/mol. The number of aromatic nitrogens is 1. The Morgan fingerprint density at radius 2 is 1.62 bits per heavy atom. The molecule has 4 fully saturated rings. The third kappa shape index (κ3) is 7.69. The molecule has 5 amide bonds. The lowest BCUT2D eigenvalue weighted by Gasteiger charge is -2.63. The number of anilines is 2. The van der Waals surface area contributed by atoms with Crippen LogP contribution in [0.4, 0.5) is 11.5 Å². The number of carbonyl (C=O) groups is 5. The number of hydrogen-bond acceptors (Lipinski definition) is 11. The average molecular weight is 835 g/mol. The first-order valence-electron chi connectivity index (χ1n) is 20.9.